The Bertz CT molecular complexity index is 329. The van der Waals surface area contributed by atoms with Gasteiger partial charge in [0, 0.05) is 5.92 Å². The molecule has 106 valence electrons. The summed E-state index contributed by atoms with van der Waals surface area (Å²) in [7, 11) is -1.90. The van der Waals surface area contributed by atoms with Gasteiger partial charge in [0.1, 0.15) is 6.10 Å². The van der Waals surface area contributed by atoms with Crippen molar-refractivity contribution in [1.82, 2.24) is 0 Å². The second kappa shape index (κ2) is 6.66. The van der Waals surface area contributed by atoms with Crippen molar-refractivity contribution in [2.75, 3.05) is 0 Å². The van der Waals surface area contributed by atoms with Crippen LogP contribution < -0.4 is 0 Å². The third-order valence-corrected chi connectivity index (χ3v) is 9.85. The quantitative estimate of drug-likeness (QED) is 0.497. The molecule has 0 aromatic carbocycles. The van der Waals surface area contributed by atoms with Crippen LogP contribution in [0.4, 0.5) is 0 Å². The molecule has 0 aliphatic heterocycles. The second-order valence-electron chi connectivity index (χ2n) is 6.37. The Morgan fingerprint density at radius 1 is 1.33 bits per heavy atom. The Kier molecular flexibility index (Phi) is 6.77. The Hall–Kier alpha value is 0.317. The lowest BCUT2D eigenvalue weighted by molar-refractivity contribution is -0.125. The number of carbonyl (C=O) groups excluding carboxylic acids is 1. The van der Waals surface area contributed by atoms with E-state index in [1.54, 1.807) is 6.92 Å². The van der Waals surface area contributed by atoms with E-state index in [9.17, 15) is 4.79 Å². The summed E-state index contributed by atoms with van der Waals surface area (Å²) in [5.74, 6) is 0.269. The van der Waals surface area contributed by atoms with E-state index in [-0.39, 0.29) is 22.8 Å². The number of rotatable bonds is 5. The van der Waals surface area contributed by atoms with Gasteiger partial charge in [0.25, 0.3) is 0 Å². The number of halogens is 1. The van der Waals surface area contributed by atoms with Gasteiger partial charge in [-0.05, 0) is 58.2 Å². The van der Waals surface area contributed by atoms with Crippen LogP contribution in [0.2, 0.25) is 18.1 Å². The van der Waals surface area contributed by atoms with Gasteiger partial charge in [-0.25, -0.2) is 0 Å². The summed E-state index contributed by atoms with van der Waals surface area (Å²) < 4.78 is 7.48. The second-order valence-corrected chi connectivity index (χ2v) is 12.4. The molecule has 0 saturated heterocycles. The van der Waals surface area contributed by atoms with Crippen molar-refractivity contribution in [1.29, 1.82) is 0 Å². The molecule has 18 heavy (non-hydrogen) atoms. The van der Waals surface area contributed by atoms with Crippen LogP contribution in [0, 0.1) is 5.92 Å². The molecule has 0 rings (SSSR count). The van der Waals surface area contributed by atoms with Gasteiger partial charge in [0.15, 0.2) is 14.1 Å². The van der Waals surface area contributed by atoms with Crippen LogP contribution in [0.5, 0.6) is 0 Å². The van der Waals surface area contributed by atoms with Gasteiger partial charge in [-0.1, -0.05) is 33.8 Å². The molecule has 0 aromatic heterocycles. The van der Waals surface area contributed by atoms with Crippen molar-refractivity contribution in [2.24, 2.45) is 5.92 Å². The summed E-state index contributed by atoms with van der Waals surface area (Å²) in [6.45, 7) is 16.7. The largest absolute Gasteiger partial charge is 0.406 e. The first-order chi connectivity index (χ1) is 7.94. The zero-order valence-corrected chi connectivity index (χ0v) is 16.1. The molecule has 0 radical (unpaired) electrons. The third kappa shape index (κ3) is 4.77. The molecule has 2 nitrogen and oxygen atoms in total. The molecule has 0 aliphatic carbocycles. The van der Waals surface area contributed by atoms with Gasteiger partial charge >= 0.3 is 0 Å². The van der Waals surface area contributed by atoms with Crippen molar-refractivity contribution in [2.45, 2.75) is 65.8 Å². The minimum absolute atomic E-state index is 0.127. The molecule has 4 heteroatoms. The maximum absolute atomic E-state index is 11.9. The first kappa shape index (κ1) is 18.3. The van der Waals surface area contributed by atoms with Gasteiger partial charge in [-0.15, -0.1) is 0 Å². The van der Waals surface area contributed by atoms with E-state index in [0.717, 1.165) is 0 Å². The van der Waals surface area contributed by atoms with E-state index in [4.69, 9.17) is 4.43 Å². The zero-order chi connectivity index (χ0) is 14.7. The highest BCUT2D eigenvalue weighted by molar-refractivity contribution is 14.1. The van der Waals surface area contributed by atoms with E-state index in [2.05, 4.69) is 69.5 Å². The predicted octanol–water partition coefficient (Wildman–Crippen LogP) is 4.94. The van der Waals surface area contributed by atoms with Crippen LogP contribution in [0.1, 0.15) is 41.5 Å². The number of Topliss-reactive ketones (excluding diaryl/α,β-unsaturated/α-hetero) is 1. The minimum Gasteiger partial charge on any atom is -0.406 e. The van der Waals surface area contributed by atoms with Crippen molar-refractivity contribution in [3.63, 3.8) is 0 Å². The van der Waals surface area contributed by atoms with Crippen molar-refractivity contribution < 1.29 is 9.22 Å². The van der Waals surface area contributed by atoms with E-state index < -0.39 is 8.32 Å². The maximum Gasteiger partial charge on any atom is 0.193 e. The lowest BCUT2D eigenvalue weighted by Crippen LogP contribution is -2.47. The Labute approximate surface area is 127 Å². The molecule has 0 unspecified atom stereocenters. The van der Waals surface area contributed by atoms with E-state index >= 15 is 0 Å². The molecule has 0 aromatic rings. The molecule has 0 fully saturated rings. The van der Waals surface area contributed by atoms with Crippen molar-refractivity contribution in [3.05, 3.63) is 9.66 Å². The van der Waals surface area contributed by atoms with Crippen LogP contribution in [-0.2, 0) is 9.22 Å². The lowest BCUT2D eigenvalue weighted by Gasteiger charge is -2.40. The van der Waals surface area contributed by atoms with Gasteiger partial charge in [-0.3, -0.25) is 4.79 Å². The molecule has 0 bridgehead atoms. The number of hydrogen-bond donors (Lipinski definition) is 0. The number of allylic oxidation sites excluding steroid dienone is 1. The summed E-state index contributed by atoms with van der Waals surface area (Å²) in [6.07, 6.45) is 1.74. The lowest BCUT2D eigenvalue weighted by atomic mass is 10.0. The molecule has 0 spiro atoms. The summed E-state index contributed by atoms with van der Waals surface area (Å²) in [5, 5.41) is 0.127. The first-order valence-electron chi connectivity index (χ1n) is 6.44. The highest BCUT2D eigenvalue weighted by atomic mass is 127. The Morgan fingerprint density at radius 3 is 2.06 bits per heavy atom. The number of carbonyl (C=O) groups is 1. The van der Waals surface area contributed by atoms with E-state index in [0.29, 0.717) is 0 Å². The zero-order valence-electron chi connectivity index (χ0n) is 12.9. The van der Waals surface area contributed by atoms with Crippen molar-refractivity contribution in [3.8, 4) is 0 Å². The van der Waals surface area contributed by atoms with Crippen LogP contribution in [0.15, 0.2) is 9.66 Å². The molecule has 0 aliphatic rings. The molecular formula is C14H27IO2Si. The van der Waals surface area contributed by atoms with E-state index in [1.807, 2.05) is 6.92 Å². The average molecular weight is 382 g/mol. The fourth-order valence-corrected chi connectivity index (χ4v) is 3.12. The number of hydrogen-bond acceptors (Lipinski definition) is 2. The van der Waals surface area contributed by atoms with Crippen LogP contribution in [0.25, 0.3) is 0 Å². The molecular weight excluding hydrogens is 355 g/mol. The minimum atomic E-state index is -1.90. The molecule has 0 amide bonds. The maximum atomic E-state index is 11.9. The summed E-state index contributed by atoms with van der Waals surface area (Å²) >= 11 is 2.30. The normalized spacial score (nSPS) is 17.5. The smallest absolute Gasteiger partial charge is 0.193 e. The van der Waals surface area contributed by atoms with Gasteiger partial charge in [0.2, 0.25) is 0 Å². The monoisotopic (exact) mass is 382 g/mol. The topological polar surface area (TPSA) is 26.3 Å². The standard InChI is InChI=1S/C14H27IO2Si/c1-9-12(15)10(2)13(11(3)16)17-18(7,8)14(4,5)6/h9-10,13H,1-8H3/t10-,13-/m0/s1. The van der Waals surface area contributed by atoms with E-state index in [1.165, 1.54) is 3.58 Å². The summed E-state index contributed by atoms with van der Waals surface area (Å²) in [5.41, 5.74) is 0. The molecule has 0 N–H and O–H groups in total. The average Bonchev–Trinajstić information content (AvgIpc) is 2.21. The first-order valence-corrected chi connectivity index (χ1v) is 10.4. The SMILES string of the molecule is CC=C(I)[C@H](C)[C@H](O[Si](C)(C)C(C)(C)C)C(C)=O. The van der Waals surface area contributed by atoms with Crippen molar-refractivity contribution >= 4 is 36.7 Å². The van der Waals surface area contributed by atoms with Gasteiger partial charge in [-0.2, -0.15) is 0 Å². The molecule has 0 saturated carbocycles. The predicted molar refractivity (Wildman–Crippen MR) is 89.7 cm³/mol. The molecule has 0 heterocycles. The number of ketones is 1. The highest BCUT2D eigenvalue weighted by Crippen LogP contribution is 2.39. The third-order valence-electron chi connectivity index (χ3n) is 3.79. The fraction of sp³-hybridized carbons (Fsp3) is 0.786. The van der Waals surface area contributed by atoms with Crippen LogP contribution in [-0.4, -0.2) is 20.2 Å². The summed E-state index contributed by atoms with van der Waals surface area (Å²) in [4.78, 5) is 11.9. The summed E-state index contributed by atoms with van der Waals surface area (Å²) in [6, 6.07) is 0. The Balaban J connectivity index is 5.14. The van der Waals surface area contributed by atoms with Crippen LogP contribution >= 0.6 is 22.6 Å². The molecule has 2 atom stereocenters. The van der Waals surface area contributed by atoms with Gasteiger partial charge < -0.3 is 4.43 Å². The van der Waals surface area contributed by atoms with Gasteiger partial charge in [0.05, 0.1) is 0 Å². The Morgan fingerprint density at radius 2 is 1.78 bits per heavy atom. The highest BCUT2D eigenvalue weighted by Gasteiger charge is 2.41. The van der Waals surface area contributed by atoms with Crippen LogP contribution in [0.3, 0.4) is 0 Å². The fourth-order valence-electron chi connectivity index (χ4n) is 1.44.